The maximum Gasteiger partial charge on any atom is 0.276 e. The van der Waals surface area contributed by atoms with Gasteiger partial charge in [0.05, 0.1) is 15.4 Å². The van der Waals surface area contributed by atoms with Crippen molar-refractivity contribution in [3.63, 3.8) is 0 Å². The fourth-order valence-electron chi connectivity index (χ4n) is 2.05. The van der Waals surface area contributed by atoms with Crippen LogP contribution in [0.3, 0.4) is 0 Å². The van der Waals surface area contributed by atoms with E-state index >= 15 is 0 Å². The van der Waals surface area contributed by atoms with Gasteiger partial charge in [-0.05, 0) is 25.8 Å². The Morgan fingerprint density at radius 2 is 1.91 bits per heavy atom. The Bertz CT molecular complexity index is 664. The predicted octanol–water partition coefficient (Wildman–Crippen LogP) is 1.84. The van der Waals surface area contributed by atoms with Gasteiger partial charge in [0, 0.05) is 18.2 Å². The normalized spacial score (nSPS) is 12.4. The third-order valence-corrected chi connectivity index (χ3v) is 5.45. The predicted molar refractivity (Wildman–Crippen MR) is 80.5 cm³/mol. The molecule has 3 N–H and O–H groups in total. The van der Waals surface area contributed by atoms with Crippen LogP contribution in [-0.4, -0.2) is 25.4 Å². The maximum atomic E-state index is 13.8. The van der Waals surface area contributed by atoms with Gasteiger partial charge in [0.15, 0.2) is 0 Å². The van der Waals surface area contributed by atoms with Crippen molar-refractivity contribution in [1.82, 2.24) is 4.72 Å². The monoisotopic (exact) mass is 333 g/mol. The molecule has 0 heterocycles. The minimum atomic E-state index is -4.12. The SMILES string of the molecule is CCC(CC)(CN)NS(=O)(=O)c1cc(F)c(C)c([N+](=O)[O-])c1. The molecule has 0 atom stereocenters. The van der Waals surface area contributed by atoms with E-state index in [1.54, 1.807) is 13.8 Å². The summed E-state index contributed by atoms with van der Waals surface area (Å²) in [6.07, 6.45) is 0.880. The molecule has 1 aromatic rings. The van der Waals surface area contributed by atoms with Gasteiger partial charge in [0.25, 0.3) is 5.69 Å². The standard InChI is InChI=1S/C13H20FN3O4S/c1-4-13(5-2,8-15)16-22(20,21)10-6-11(14)9(3)12(7-10)17(18)19/h6-7,16H,4-5,8,15H2,1-3H3. The average molecular weight is 333 g/mol. The van der Waals surface area contributed by atoms with Crippen molar-refractivity contribution in [2.45, 2.75) is 44.0 Å². The largest absolute Gasteiger partial charge is 0.329 e. The first kappa shape index (κ1) is 18.5. The molecule has 0 aliphatic rings. The van der Waals surface area contributed by atoms with Gasteiger partial charge in [-0.25, -0.2) is 17.5 Å². The zero-order chi connectivity index (χ0) is 17.1. The molecule has 22 heavy (non-hydrogen) atoms. The maximum absolute atomic E-state index is 13.8. The summed E-state index contributed by atoms with van der Waals surface area (Å²) in [5.74, 6) is -0.944. The number of benzene rings is 1. The van der Waals surface area contributed by atoms with Crippen LogP contribution in [0.1, 0.15) is 32.3 Å². The van der Waals surface area contributed by atoms with Crippen LogP contribution < -0.4 is 10.5 Å². The highest BCUT2D eigenvalue weighted by Gasteiger charge is 2.32. The molecule has 0 aliphatic carbocycles. The van der Waals surface area contributed by atoms with Gasteiger partial charge < -0.3 is 5.73 Å². The summed E-state index contributed by atoms with van der Waals surface area (Å²) >= 11 is 0. The van der Waals surface area contributed by atoms with Gasteiger partial charge in [-0.1, -0.05) is 13.8 Å². The van der Waals surface area contributed by atoms with Crippen LogP contribution in [-0.2, 0) is 10.0 Å². The van der Waals surface area contributed by atoms with E-state index in [-0.39, 0.29) is 12.1 Å². The number of halogens is 1. The first-order chi connectivity index (χ1) is 10.1. The van der Waals surface area contributed by atoms with Crippen LogP contribution in [0.4, 0.5) is 10.1 Å². The third-order valence-electron chi connectivity index (χ3n) is 3.89. The molecule has 0 fully saturated rings. The van der Waals surface area contributed by atoms with Crippen LogP contribution in [0.25, 0.3) is 0 Å². The van der Waals surface area contributed by atoms with E-state index in [0.717, 1.165) is 12.1 Å². The number of nitro benzene ring substituents is 1. The van der Waals surface area contributed by atoms with Crippen LogP contribution in [0, 0.1) is 22.9 Å². The van der Waals surface area contributed by atoms with Gasteiger partial charge in [-0.3, -0.25) is 10.1 Å². The van der Waals surface area contributed by atoms with Crippen LogP contribution in [0.2, 0.25) is 0 Å². The Kier molecular flexibility index (Phi) is 5.60. The lowest BCUT2D eigenvalue weighted by atomic mass is 9.95. The van der Waals surface area contributed by atoms with E-state index in [4.69, 9.17) is 5.73 Å². The molecule has 1 rings (SSSR count). The summed E-state index contributed by atoms with van der Waals surface area (Å²) in [4.78, 5) is 9.61. The van der Waals surface area contributed by atoms with Crippen LogP contribution in [0.15, 0.2) is 17.0 Å². The second-order valence-electron chi connectivity index (χ2n) is 5.10. The van der Waals surface area contributed by atoms with Gasteiger partial charge in [-0.2, -0.15) is 0 Å². The highest BCUT2D eigenvalue weighted by molar-refractivity contribution is 7.89. The number of rotatable bonds is 7. The topological polar surface area (TPSA) is 115 Å². The molecule has 124 valence electrons. The van der Waals surface area contributed by atoms with Crippen molar-refractivity contribution in [3.05, 3.63) is 33.6 Å². The molecule has 0 saturated heterocycles. The second-order valence-corrected chi connectivity index (χ2v) is 6.79. The van der Waals surface area contributed by atoms with Crippen molar-refractivity contribution >= 4 is 15.7 Å². The van der Waals surface area contributed by atoms with Crippen molar-refractivity contribution in [3.8, 4) is 0 Å². The molecule has 0 radical (unpaired) electrons. The number of hydrogen-bond donors (Lipinski definition) is 2. The fraction of sp³-hybridized carbons (Fsp3) is 0.538. The van der Waals surface area contributed by atoms with Crippen molar-refractivity contribution in [2.24, 2.45) is 5.73 Å². The lowest BCUT2D eigenvalue weighted by molar-refractivity contribution is -0.385. The number of nitro groups is 1. The smallest absolute Gasteiger partial charge is 0.276 e. The van der Waals surface area contributed by atoms with Gasteiger partial charge in [-0.15, -0.1) is 0 Å². The van der Waals surface area contributed by atoms with Gasteiger partial charge in [0.2, 0.25) is 10.0 Å². The quantitative estimate of drug-likeness (QED) is 0.583. The number of nitrogens with one attached hydrogen (secondary N) is 1. The molecule has 0 amide bonds. The molecular formula is C13H20FN3O4S. The zero-order valence-electron chi connectivity index (χ0n) is 12.7. The lowest BCUT2D eigenvalue weighted by Crippen LogP contribution is -2.52. The molecule has 0 aliphatic heterocycles. The molecule has 0 saturated carbocycles. The second kappa shape index (κ2) is 6.67. The molecule has 7 nitrogen and oxygen atoms in total. The minimum Gasteiger partial charge on any atom is -0.329 e. The van der Waals surface area contributed by atoms with E-state index in [2.05, 4.69) is 4.72 Å². The lowest BCUT2D eigenvalue weighted by Gasteiger charge is -2.30. The number of sulfonamides is 1. The van der Waals surface area contributed by atoms with Crippen molar-refractivity contribution in [2.75, 3.05) is 6.54 Å². The van der Waals surface area contributed by atoms with E-state index in [9.17, 15) is 22.9 Å². The number of nitrogens with zero attached hydrogens (tertiary/aromatic N) is 1. The van der Waals surface area contributed by atoms with Crippen LogP contribution in [0.5, 0.6) is 0 Å². The molecule has 9 heteroatoms. The zero-order valence-corrected chi connectivity index (χ0v) is 13.5. The van der Waals surface area contributed by atoms with Gasteiger partial charge in [0.1, 0.15) is 5.82 Å². The number of nitrogens with two attached hydrogens (primary N) is 1. The highest BCUT2D eigenvalue weighted by atomic mass is 32.2. The molecule has 1 aromatic carbocycles. The molecule has 0 bridgehead atoms. The molecule has 0 unspecified atom stereocenters. The Morgan fingerprint density at radius 1 is 1.36 bits per heavy atom. The molecule has 0 aromatic heterocycles. The fourth-order valence-corrected chi connectivity index (χ4v) is 3.64. The Morgan fingerprint density at radius 3 is 2.32 bits per heavy atom. The van der Waals surface area contributed by atoms with E-state index in [1.807, 2.05) is 0 Å². The highest BCUT2D eigenvalue weighted by Crippen LogP contribution is 2.26. The Labute approximate surface area is 128 Å². The summed E-state index contributed by atoms with van der Waals surface area (Å²) in [6.45, 7) is 4.84. The van der Waals surface area contributed by atoms with Crippen molar-refractivity contribution < 1.29 is 17.7 Å². The summed E-state index contributed by atoms with van der Waals surface area (Å²) in [7, 11) is -4.12. The number of hydrogen-bond acceptors (Lipinski definition) is 5. The molecular weight excluding hydrogens is 313 g/mol. The summed E-state index contributed by atoms with van der Waals surface area (Å²) in [6, 6.07) is 1.63. The van der Waals surface area contributed by atoms with E-state index < -0.39 is 36.9 Å². The Balaban J connectivity index is 3.38. The first-order valence-corrected chi connectivity index (χ1v) is 8.29. The van der Waals surface area contributed by atoms with Crippen LogP contribution >= 0.6 is 0 Å². The van der Waals surface area contributed by atoms with Crippen molar-refractivity contribution in [1.29, 1.82) is 0 Å². The third kappa shape index (κ3) is 3.60. The summed E-state index contributed by atoms with van der Waals surface area (Å²) in [5.41, 5.74) is 3.99. The first-order valence-electron chi connectivity index (χ1n) is 6.81. The summed E-state index contributed by atoms with van der Waals surface area (Å²) in [5, 5.41) is 10.9. The van der Waals surface area contributed by atoms with E-state index in [0.29, 0.717) is 12.8 Å². The summed E-state index contributed by atoms with van der Waals surface area (Å²) < 4.78 is 41.0. The van der Waals surface area contributed by atoms with Gasteiger partial charge >= 0.3 is 0 Å². The van der Waals surface area contributed by atoms with E-state index in [1.165, 1.54) is 6.92 Å². The Hall–Kier alpha value is -1.58. The minimum absolute atomic E-state index is 0.0651. The average Bonchev–Trinajstić information content (AvgIpc) is 2.47. The molecule has 0 spiro atoms.